The van der Waals surface area contributed by atoms with Crippen LogP contribution in [0, 0.1) is 0 Å². The molecule has 60 valence electrons. The van der Waals surface area contributed by atoms with Crippen LogP contribution in [-0.2, 0) is 4.79 Å². The van der Waals surface area contributed by atoms with Gasteiger partial charge < -0.3 is 4.90 Å². The normalized spacial score (nSPS) is 10.1. The molecule has 0 fully saturated rings. The predicted octanol–water partition coefficient (Wildman–Crippen LogP) is 1.17. The maximum Gasteiger partial charge on any atom is 0.232 e. The number of nitrogens with zero attached hydrogens (tertiary/aromatic N) is 1. The SMILES string of the molecule is CCN(C(=O)CS)C(C)C. The lowest BCUT2D eigenvalue weighted by Gasteiger charge is -2.24. The molecule has 2 nitrogen and oxygen atoms in total. The van der Waals surface area contributed by atoms with Gasteiger partial charge in [-0.1, -0.05) is 0 Å². The number of thiol groups is 1. The topological polar surface area (TPSA) is 20.3 Å². The highest BCUT2D eigenvalue weighted by Crippen LogP contribution is 1.98. The van der Waals surface area contributed by atoms with Crippen molar-refractivity contribution in [2.75, 3.05) is 12.3 Å². The zero-order valence-electron chi connectivity index (χ0n) is 6.79. The number of rotatable bonds is 3. The maximum atomic E-state index is 11.0. The molecule has 0 aliphatic carbocycles. The minimum absolute atomic E-state index is 0.112. The van der Waals surface area contributed by atoms with Crippen LogP contribution in [0.4, 0.5) is 0 Å². The highest BCUT2D eigenvalue weighted by Gasteiger charge is 2.11. The molecule has 10 heavy (non-hydrogen) atoms. The Kier molecular flexibility index (Phi) is 4.52. The van der Waals surface area contributed by atoms with Crippen LogP contribution in [0.2, 0.25) is 0 Å². The van der Waals surface area contributed by atoms with Gasteiger partial charge in [0.05, 0.1) is 5.75 Å². The van der Waals surface area contributed by atoms with E-state index in [1.165, 1.54) is 0 Å². The summed E-state index contributed by atoms with van der Waals surface area (Å²) in [6.45, 7) is 6.76. The predicted molar refractivity (Wildman–Crippen MR) is 46.4 cm³/mol. The number of carbonyl (C=O) groups is 1. The molecule has 1 amide bonds. The molecule has 0 aliphatic heterocycles. The van der Waals surface area contributed by atoms with Crippen LogP contribution in [0.1, 0.15) is 20.8 Å². The monoisotopic (exact) mass is 161 g/mol. The second-order valence-corrected chi connectivity index (χ2v) is 2.75. The summed E-state index contributed by atoms with van der Waals surface area (Å²) in [4.78, 5) is 12.8. The lowest BCUT2D eigenvalue weighted by Crippen LogP contribution is -2.37. The molecule has 0 atom stereocenters. The molecular weight excluding hydrogens is 146 g/mol. The first-order valence-corrected chi connectivity index (χ1v) is 4.17. The summed E-state index contributed by atoms with van der Waals surface area (Å²) in [5.41, 5.74) is 0. The van der Waals surface area contributed by atoms with Crippen molar-refractivity contribution in [2.45, 2.75) is 26.8 Å². The zero-order valence-corrected chi connectivity index (χ0v) is 7.69. The highest BCUT2D eigenvalue weighted by atomic mass is 32.1. The van der Waals surface area contributed by atoms with Crippen LogP contribution in [0.15, 0.2) is 0 Å². The first-order valence-electron chi connectivity index (χ1n) is 3.53. The summed E-state index contributed by atoms with van der Waals surface area (Å²) in [5, 5.41) is 0. The Labute approximate surface area is 68.0 Å². The van der Waals surface area contributed by atoms with E-state index in [2.05, 4.69) is 12.6 Å². The van der Waals surface area contributed by atoms with Crippen molar-refractivity contribution in [1.82, 2.24) is 4.90 Å². The average molecular weight is 161 g/mol. The van der Waals surface area contributed by atoms with Crippen molar-refractivity contribution in [3.8, 4) is 0 Å². The van der Waals surface area contributed by atoms with Gasteiger partial charge in [0.25, 0.3) is 0 Å². The lowest BCUT2D eigenvalue weighted by molar-refractivity contribution is -0.129. The van der Waals surface area contributed by atoms with E-state index in [1.807, 2.05) is 20.8 Å². The quantitative estimate of drug-likeness (QED) is 0.616. The highest BCUT2D eigenvalue weighted by molar-refractivity contribution is 7.81. The van der Waals surface area contributed by atoms with Gasteiger partial charge in [-0.3, -0.25) is 4.79 Å². The summed E-state index contributed by atoms with van der Waals surface area (Å²) in [6, 6.07) is 0.296. The van der Waals surface area contributed by atoms with Gasteiger partial charge in [0.2, 0.25) is 5.91 Å². The molecule has 0 aliphatic rings. The minimum Gasteiger partial charge on any atom is -0.340 e. The molecule has 0 rings (SSSR count). The number of amides is 1. The zero-order chi connectivity index (χ0) is 8.15. The van der Waals surface area contributed by atoms with Crippen molar-refractivity contribution in [3.05, 3.63) is 0 Å². The smallest absolute Gasteiger partial charge is 0.232 e. The van der Waals surface area contributed by atoms with Gasteiger partial charge in [-0.2, -0.15) is 12.6 Å². The molecule has 3 heteroatoms. The Balaban J connectivity index is 3.93. The molecule has 0 heterocycles. The molecule has 0 aromatic carbocycles. The van der Waals surface area contributed by atoms with Gasteiger partial charge in [-0.05, 0) is 20.8 Å². The third-order valence-corrected chi connectivity index (χ3v) is 1.69. The summed E-state index contributed by atoms with van der Waals surface area (Å²) < 4.78 is 0. The summed E-state index contributed by atoms with van der Waals surface area (Å²) in [6.07, 6.45) is 0. The van der Waals surface area contributed by atoms with E-state index in [0.29, 0.717) is 11.8 Å². The van der Waals surface area contributed by atoms with Gasteiger partial charge in [-0.25, -0.2) is 0 Å². The number of hydrogen-bond acceptors (Lipinski definition) is 2. The van der Waals surface area contributed by atoms with E-state index < -0.39 is 0 Å². The molecule has 0 bridgehead atoms. The third-order valence-electron chi connectivity index (χ3n) is 1.42. The Bertz CT molecular complexity index is 114. The molecule has 0 saturated carbocycles. The average Bonchev–Trinajstić information content (AvgIpc) is 1.88. The van der Waals surface area contributed by atoms with Crippen molar-refractivity contribution >= 4 is 18.5 Å². The van der Waals surface area contributed by atoms with Crippen LogP contribution >= 0.6 is 12.6 Å². The van der Waals surface area contributed by atoms with Gasteiger partial charge >= 0.3 is 0 Å². The maximum absolute atomic E-state index is 11.0. The number of carbonyl (C=O) groups excluding carboxylic acids is 1. The largest absolute Gasteiger partial charge is 0.340 e. The van der Waals surface area contributed by atoms with E-state index >= 15 is 0 Å². The van der Waals surface area contributed by atoms with Gasteiger partial charge in [0.1, 0.15) is 0 Å². The molecule has 0 spiro atoms. The van der Waals surface area contributed by atoms with Crippen LogP contribution < -0.4 is 0 Å². The van der Waals surface area contributed by atoms with Crippen LogP contribution in [0.3, 0.4) is 0 Å². The van der Waals surface area contributed by atoms with Crippen LogP contribution in [-0.4, -0.2) is 29.1 Å². The number of hydrogen-bond donors (Lipinski definition) is 1. The fourth-order valence-electron chi connectivity index (χ4n) is 0.920. The summed E-state index contributed by atoms with van der Waals surface area (Å²) in [7, 11) is 0. The third kappa shape index (κ3) is 2.60. The van der Waals surface area contributed by atoms with Crippen LogP contribution in [0.5, 0.6) is 0 Å². The molecule has 0 aromatic heterocycles. The lowest BCUT2D eigenvalue weighted by atomic mass is 10.3. The van der Waals surface area contributed by atoms with Crippen molar-refractivity contribution in [2.24, 2.45) is 0 Å². The minimum atomic E-state index is 0.112. The fourth-order valence-corrected chi connectivity index (χ4v) is 1.10. The molecular formula is C7H15NOS. The standard InChI is InChI=1S/C7H15NOS/c1-4-8(6(2)3)7(9)5-10/h6,10H,4-5H2,1-3H3. The van der Waals surface area contributed by atoms with Gasteiger partial charge in [0, 0.05) is 12.6 Å². The fraction of sp³-hybridized carbons (Fsp3) is 0.857. The van der Waals surface area contributed by atoms with E-state index in [-0.39, 0.29) is 5.91 Å². The van der Waals surface area contributed by atoms with E-state index in [1.54, 1.807) is 4.90 Å². The second-order valence-electron chi connectivity index (χ2n) is 2.43. The Hall–Kier alpha value is -0.180. The van der Waals surface area contributed by atoms with Gasteiger partial charge in [-0.15, -0.1) is 0 Å². The van der Waals surface area contributed by atoms with Crippen LogP contribution in [0.25, 0.3) is 0 Å². The molecule has 0 saturated heterocycles. The molecule has 0 N–H and O–H groups in total. The summed E-state index contributed by atoms with van der Waals surface area (Å²) >= 11 is 3.91. The molecule has 0 aromatic rings. The first kappa shape index (κ1) is 9.82. The molecule has 0 radical (unpaired) electrons. The van der Waals surface area contributed by atoms with Gasteiger partial charge in [0.15, 0.2) is 0 Å². The first-order chi connectivity index (χ1) is 4.63. The summed E-state index contributed by atoms with van der Waals surface area (Å²) in [5.74, 6) is 0.423. The Morgan fingerprint density at radius 2 is 2.10 bits per heavy atom. The van der Waals surface area contributed by atoms with Crippen molar-refractivity contribution in [1.29, 1.82) is 0 Å². The van der Waals surface area contributed by atoms with E-state index in [4.69, 9.17) is 0 Å². The van der Waals surface area contributed by atoms with Crippen molar-refractivity contribution in [3.63, 3.8) is 0 Å². The van der Waals surface area contributed by atoms with E-state index in [9.17, 15) is 4.79 Å². The van der Waals surface area contributed by atoms with Crippen molar-refractivity contribution < 1.29 is 4.79 Å². The second kappa shape index (κ2) is 4.61. The molecule has 0 unspecified atom stereocenters. The Morgan fingerprint density at radius 3 is 2.20 bits per heavy atom. The van der Waals surface area contributed by atoms with E-state index in [0.717, 1.165) is 6.54 Å². The Morgan fingerprint density at radius 1 is 1.60 bits per heavy atom.